The number of hydrogen-bond acceptors (Lipinski definition) is 7. The Kier molecular flexibility index (Phi) is 10.1. The molecule has 3 aliphatic carbocycles. The van der Waals surface area contributed by atoms with E-state index in [-0.39, 0.29) is 54.0 Å². The van der Waals surface area contributed by atoms with Crippen molar-refractivity contribution in [3.63, 3.8) is 0 Å². The Bertz CT molecular complexity index is 1170. The summed E-state index contributed by atoms with van der Waals surface area (Å²) in [7, 11) is 0. The predicted molar refractivity (Wildman–Crippen MR) is 151 cm³/mol. The Hall–Kier alpha value is -2.37. The monoisotopic (exact) mass is 620 g/mol. The first-order valence-electron chi connectivity index (χ1n) is 13.5. The van der Waals surface area contributed by atoms with Crippen LogP contribution in [-0.4, -0.2) is 64.0 Å². The lowest BCUT2D eigenvalue weighted by Crippen LogP contribution is -2.50. The second kappa shape index (κ2) is 12.5. The van der Waals surface area contributed by atoms with Crippen LogP contribution in [0.5, 0.6) is 0 Å². The van der Waals surface area contributed by atoms with Gasteiger partial charge in [-0.15, -0.1) is 0 Å². The Morgan fingerprint density at radius 3 is 2.12 bits per heavy atom. The first-order valence-corrected chi connectivity index (χ1v) is 14.3. The Balaban J connectivity index is 1.96. The van der Waals surface area contributed by atoms with Crippen LogP contribution in [-0.2, 0) is 14.3 Å². The lowest BCUT2D eigenvalue weighted by molar-refractivity contribution is -0.162. The Morgan fingerprint density at radius 1 is 1.15 bits per heavy atom. The van der Waals surface area contributed by atoms with E-state index in [1.165, 1.54) is 12.4 Å². The number of aliphatic imine (C=N–C) groups is 1. The van der Waals surface area contributed by atoms with Gasteiger partial charge in [0.25, 0.3) is 5.91 Å². The molecule has 228 valence electrons. The highest BCUT2D eigenvalue weighted by Crippen LogP contribution is 2.55. The van der Waals surface area contributed by atoms with Crippen LogP contribution in [0.2, 0.25) is 10.0 Å². The molecular formula is C28H37Cl2F3N4O4. The molecule has 3 N–H and O–H groups in total. The summed E-state index contributed by atoms with van der Waals surface area (Å²) in [5, 5.41) is 11.1. The van der Waals surface area contributed by atoms with E-state index >= 15 is 0 Å². The number of fused-ring (bicyclic) bond motifs is 3. The van der Waals surface area contributed by atoms with Crippen molar-refractivity contribution >= 4 is 40.8 Å². The Labute approximate surface area is 248 Å². The fraction of sp³-hybridized carbons (Fsp3) is 0.643. The molecule has 8 nitrogen and oxygen atoms in total. The highest BCUT2D eigenvalue weighted by Gasteiger charge is 2.55. The lowest BCUT2D eigenvalue weighted by atomic mass is 9.57. The van der Waals surface area contributed by atoms with Crippen LogP contribution in [0, 0.1) is 10.8 Å². The number of carbonyl (C=O) groups is 2. The number of amides is 1. The molecule has 3 fully saturated rings. The van der Waals surface area contributed by atoms with Gasteiger partial charge < -0.3 is 20.5 Å². The van der Waals surface area contributed by atoms with Crippen LogP contribution in [0.25, 0.3) is 0 Å². The molecule has 0 radical (unpaired) electrons. The summed E-state index contributed by atoms with van der Waals surface area (Å²) in [5.74, 6) is -1.36. The van der Waals surface area contributed by atoms with Crippen molar-refractivity contribution in [2.75, 3.05) is 19.7 Å². The molecule has 1 atom stereocenters. The van der Waals surface area contributed by atoms with Crippen molar-refractivity contribution in [2.24, 2.45) is 21.6 Å². The average molecular weight is 622 g/mol. The van der Waals surface area contributed by atoms with Crippen molar-refractivity contribution in [1.29, 1.82) is 0 Å². The molecule has 3 saturated carbocycles. The van der Waals surface area contributed by atoms with Crippen molar-refractivity contribution in [2.45, 2.75) is 84.0 Å². The molecular weight excluding hydrogens is 584 g/mol. The topological polar surface area (TPSA) is 118 Å². The summed E-state index contributed by atoms with van der Waals surface area (Å²) in [6.45, 7) is 6.92. The number of halogens is 5. The predicted octanol–water partition coefficient (Wildman–Crippen LogP) is 5.80. The molecule has 1 unspecified atom stereocenters. The normalized spacial score (nSPS) is 24.2. The third-order valence-corrected chi connectivity index (χ3v) is 8.36. The first kappa shape index (κ1) is 33.1. The number of ether oxygens (including phenoxy) is 1. The van der Waals surface area contributed by atoms with E-state index in [2.05, 4.69) is 9.98 Å². The van der Waals surface area contributed by atoms with Gasteiger partial charge in [-0.25, -0.2) is 0 Å². The number of alkyl halides is 3. The van der Waals surface area contributed by atoms with Gasteiger partial charge >= 0.3 is 12.1 Å². The minimum Gasteiger partial charge on any atom is -0.466 e. The minimum absolute atomic E-state index is 0.0150. The van der Waals surface area contributed by atoms with E-state index in [0.29, 0.717) is 25.5 Å². The van der Waals surface area contributed by atoms with Gasteiger partial charge in [0.05, 0.1) is 45.8 Å². The van der Waals surface area contributed by atoms with Crippen LogP contribution < -0.4 is 5.73 Å². The Morgan fingerprint density at radius 2 is 1.68 bits per heavy atom. The summed E-state index contributed by atoms with van der Waals surface area (Å²) in [5.41, 5.74) is 1.26. The lowest BCUT2D eigenvalue weighted by Gasteiger charge is -2.50. The molecule has 2 bridgehead atoms. The van der Waals surface area contributed by atoms with Crippen molar-refractivity contribution < 1.29 is 32.6 Å². The number of carbonyl (C=O) groups excluding carboxylic acids is 2. The molecule has 1 amide bonds. The van der Waals surface area contributed by atoms with Crippen molar-refractivity contribution in [3.05, 3.63) is 39.8 Å². The third-order valence-electron chi connectivity index (χ3n) is 7.75. The summed E-state index contributed by atoms with van der Waals surface area (Å²) >= 11 is 12.3. The largest absolute Gasteiger partial charge is 0.466 e. The van der Waals surface area contributed by atoms with Gasteiger partial charge in [0.1, 0.15) is 0 Å². The maximum Gasteiger partial charge on any atom is 0.433 e. The van der Waals surface area contributed by atoms with E-state index in [1.54, 1.807) is 27.7 Å². The highest BCUT2D eigenvalue weighted by atomic mass is 35.5. The molecule has 0 aromatic carbocycles. The summed E-state index contributed by atoms with van der Waals surface area (Å²) in [4.78, 5) is 35.5. The van der Waals surface area contributed by atoms with E-state index in [1.807, 2.05) is 0 Å². The maximum atomic E-state index is 14.6. The number of aromatic nitrogens is 1. The molecule has 0 saturated heterocycles. The summed E-state index contributed by atoms with van der Waals surface area (Å²) in [6, 6.07) is 0. The number of pyridine rings is 1. The number of hydrogen-bond donors (Lipinski definition) is 2. The first-order chi connectivity index (χ1) is 19.0. The fourth-order valence-corrected chi connectivity index (χ4v) is 6.31. The van der Waals surface area contributed by atoms with Gasteiger partial charge in [-0.1, -0.05) is 44.0 Å². The molecule has 0 spiro atoms. The van der Waals surface area contributed by atoms with Crippen LogP contribution >= 0.6 is 23.2 Å². The van der Waals surface area contributed by atoms with Crippen LogP contribution in [0.3, 0.4) is 0 Å². The molecule has 3 aliphatic rings. The van der Waals surface area contributed by atoms with Gasteiger partial charge in [0.15, 0.2) is 5.71 Å². The SMILES string of the molecule is CCOC(=O)C12CCC(N=C(C(=CN)C(=O)N(CC(O)c3c(Cl)cncc3Cl)CC(C)(C)C)C(F)(F)F)(CC1)CC2. The number of nitrogens with two attached hydrogens (primary N) is 1. The quantitative estimate of drug-likeness (QED) is 0.205. The molecule has 4 rings (SSSR count). The number of rotatable bonds is 9. The number of esters is 1. The molecule has 41 heavy (non-hydrogen) atoms. The number of aliphatic hydroxyl groups is 1. The molecule has 1 aromatic heterocycles. The van der Waals surface area contributed by atoms with Gasteiger partial charge in [-0.05, 0) is 50.9 Å². The van der Waals surface area contributed by atoms with Crippen LogP contribution in [0.4, 0.5) is 13.2 Å². The maximum absolute atomic E-state index is 14.6. The third kappa shape index (κ3) is 7.53. The van der Waals surface area contributed by atoms with E-state index in [0.717, 1.165) is 4.90 Å². The average Bonchev–Trinajstić information content (AvgIpc) is 2.88. The van der Waals surface area contributed by atoms with Gasteiger partial charge in [0.2, 0.25) is 0 Å². The smallest absolute Gasteiger partial charge is 0.433 e. The molecule has 1 aromatic rings. The van der Waals surface area contributed by atoms with Crippen molar-refractivity contribution in [3.8, 4) is 0 Å². The summed E-state index contributed by atoms with van der Waals surface area (Å²) in [6.07, 6.45) is -1.44. The highest BCUT2D eigenvalue weighted by molar-refractivity contribution is 6.35. The standard InChI is InChI=1S/C28H37Cl2F3N4O4/c1-5-41-24(40)26-6-9-27(10-7-26,11-8-26)36-22(28(31,32)33)17(12-34)23(39)37(16-25(2,3)4)15-20(38)21-18(29)13-35-14-19(21)30/h12-14,20,38H,5-11,15-16,34H2,1-4H3. The number of aliphatic hydroxyl groups excluding tert-OH is 1. The minimum atomic E-state index is -4.99. The molecule has 13 heteroatoms. The number of nitrogens with zero attached hydrogens (tertiary/aromatic N) is 3. The van der Waals surface area contributed by atoms with E-state index in [4.69, 9.17) is 33.7 Å². The van der Waals surface area contributed by atoms with E-state index in [9.17, 15) is 27.9 Å². The van der Waals surface area contributed by atoms with Crippen LogP contribution in [0.1, 0.15) is 77.9 Å². The van der Waals surface area contributed by atoms with Gasteiger partial charge in [-0.3, -0.25) is 19.6 Å². The van der Waals surface area contributed by atoms with Crippen LogP contribution in [0.15, 0.2) is 29.2 Å². The fourth-order valence-electron chi connectivity index (χ4n) is 5.69. The zero-order valence-electron chi connectivity index (χ0n) is 23.7. The summed E-state index contributed by atoms with van der Waals surface area (Å²) < 4.78 is 48.9. The van der Waals surface area contributed by atoms with Crippen molar-refractivity contribution in [1.82, 2.24) is 9.88 Å². The second-order valence-electron chi connectivity index (χ2n) is 12.0. The van der Waals surface area contributed by atoms with E-state index < -0.39 is 52.4 Å². The second-order valence-corrected chi connectivity index (χ2v) is 12.9. The zero-order valence-corrected chi connectivity index (χ0v) is 25.2. The molecule has 1 heterocycles. The van der Waals surface area contributed by atoms with Gasteiger partial charge in [-0.2, -0.15) is 13.2 Å². The van der Waals surface area contributed by atoms with Gasteiger partial charge in [0, 0.05) is 30.7 Å². The molecule has 0 aliphatic heterocycles. The zero-order chi connectivity index (χ0) is 30.8.